The van der Waals surface area contributed by atoms with E-state index in [1.807, 2.05) is 24.3 Å². The van der Waals surface area contributed by atoms with E-state index in [1.54, 1.807) is 0 Å². The normalized spacial score (nSPS) is 12.1. The molecular formula is C64H42N5O2P. The fourth-order valence-corrected chi connectivity index (χ4v) is 11.7. The van der Waals surface area contributed by atoms with Gasteiger partial charge in [0.05, 0.1) is 28.5 Å². The molecule has 3 N–H and O–H groups in total. The summed E-state index contributed by atoms with van der Waals surface area (Å²) in [4.78, 5) is 18.8. The number of benzene rings is 8. The smallest absolute Gasteiger partial charge is 0.338 e. The molecule has 340 valence electrons. The quantitative estimate of drug-likeness (QED) is 0.154. The lowest BCUT2D eigenvalue weighted by Crippen LogP contribution is -1.93. The molecule has 0 saturated heterocycles. The molecule has 2 aliphatic rings. The number of hydrogen-bond acceptors (Lipinski definition) is 5. The first-order valence-corrected chi connectivity index (χ1v) is 25.2. The minimum Gasteiger partial charge on any atom is -0.404 e. The van der Waals surface area contributed by atoms with Gasteiger partial charge in [-0.05, 0) is 105 Å². The Morgan fingerprint density at radius 3 is 1.18 bits per heavy atom. The molecule has 0 aliphatic carbocycles. The van der Waals surface area contributed by atoms with Crippen LogP contribution in [0.1, 0.15) is 22.8 Å². The van der Waals surface area contributed by atoms with Gasteiger partial charge in [0, 0.05) is 60.7 Å². The Balaban J connectivity index is 1.06. The maximum Gasteiger partial charge on any atom is 0.338 e. The van der Waals surface area contributed by atoms with Crippen molar-refractivity contribution < 1.29 is 8.39 Å². The summed E-state index contributed by atoms with van der Waals surface area (Å²) in [7, 11) is -1.79. The Morgan fingerprint density at radius 2 is 0.722 bits per heavy atom. The van der Waals surface area contributed by atoms with Gasteiger partial charge in [-0.3, -0.25) is 5.09 Å². The fraction of sp³-hybridized carbons (Fsp3) is 0. The summed E-state index contributed by atoms with van der Waals surface area (Å²) >= 11 is 0. The number of rotatable bonds is 6. The van der Waals surface area contributed by atoms with Crippen molar-refractivity contribution in [3.8, 4) is 44.5 Å². The Morgan fingerprint density at radius 1 is 0.347 bits per heavy atom. The predicted octanol–water partition coefficient (Wildman–Crippen LogP) is 18.1. The monoisotopic (exact) mass is 943 g/mol. The molecule has 72 heavy (non-hydrogen) atoms. The topological polar surface area (TPSA) is 95.7 Å². The van der Waals surface area contributed by atoms with Crippen molar-refractivity contribution in [3.63, 3.8) is 0 Å². The second-order valence-corrected chi connectivity index (χ2v) is 19.1. The lowest BCUT2D eigenvalue weighted by Gasteiger charge is -2.12. The molecule has 8 aromatic carbocycles. The van der Waals surface area contributed by atoms with Crippen LogP contribution in [-0.2, 0) is 0 Å². The van der Waals surface area contributed by atoms with Crippen LogP contribution >= 0.6 is 8.16 Å². The third-order valence-electron chi connectivity index (χ3n) is 13.7. The SMILES string of the molecule is C1=Cc2nc1c(-c1ccccc1)c1ccc([nH]1)c(-c1ccccc1)c1nc(c(-c3ccccc3Np3oc4ccc5ccccc5c4c4c(ccc5ccccc54)o3)c3ccc([nH]3)c2-c2ccccc2)C=C1. The first kappa shape index (κ1) is 41.5. The number of hydrogen-bond donors (Lipinski definition) is 3. The van der Waals surface area contributed by atoms with Crippen LogP contribution < -0.4 is 5.09 Å². The van der Waals surface area contributed by atoms with E-state index < -0.39 is 8.16 Å². The van der Waals surface area contributed by atoms with Crippen molar-refractivity contribution in [3.05, 3.63) is 235 Å². The maximum absolute atomic E-state index is 7.03. The van der Waals surface area contributed by atoms with E-state index >= 15 is 0 Å². The summed E-state index contributed by atoms with van der Waals surface area (Å²) in [6, 6.07) is 73.9. The van der Waals surface area contributed by atoms with Crippen LogP contribution in [0.25, 0.3) is 134 Å². The largest absolute Gasteiger partial charge is 0.404 e. The Kier molecular flexibility index (Phi) is 9.93. The van der Waals surface area contributed by atoms with Gasteiger partial charge >= 0.3 is 8.16 Å². The molecule has 7 nitrogen and oxygen atoms in total. The molecule has 0 atom stereocenters. The summed E-state index contributed by atoms with van der Waals surface area (Å²) in [6.45, 7) is 0. The van der Waals surface area contributed by atoms with E-state index in [-0.39, 0.29) is 0 Å². The summed E-state index contributed by atoms with van der Waals surface area (Å²) in [5.41, 5.74) is 17.4. The number of fused-ring (bicyclic) bond motifs is 15. The van der Waals surface area contributed by atoms with Gasteiger partial charge in [0.1, 0.15) is 11.2 Å². The molecule has 14 rings (SSSR count). The van der Waals surface area contributed by atoms with Crippen molar-refractivity contribution in [2.24, 2.45) is 0 Å². The molecule has 0 fully saturated rings. The van der Waals surface area contributed by atoms with Gasteiger partial charge in [0.2, 0.25) is 0 Å². The summed E-state index contributed by atoms with van der Waals surface area (Å²) in [6.07, 6.45) is 8.54. The van der Waals surface area contributed by atoms with Crippen LogP contribution in [0.4, 0.5) is 5.69 Å². The van der Waals surface area contributed by atoms with Crippen LogP contribution in [0.15, 0.2) is 221 Å². The van der Waals surface area contributed by atoms with Crippen molar-refractivity contribution in [2.75, 3.05) is 5.09 Å². The fourth-order valence-electron chi connectivity index (χ4n) is 10.5. The Labute approximate surface area is 414 Å². The molecule has 12 aromatic rings. The first-order chi connectivity index (χ1) is 35.7. The molecule has 0 unspecified atom stereocenters. The zero-order valence-electron chi connectivity index (χ0n) is 38.7. The average molecular weight is 944 g/mol. The maximum atomic E-state index is 7.03. The van der Waals surface area contributed by atoms with Crippen molar-refractivity contribution >= 4 is 104 Å². The lowest BCUT2D eigenvalue weighted by atomic mass is 9.99. The highest BCUT2D eigenvalue weighted by atomic mass is 31.1. The van der Waals surface area contributed by atoms with E-state index in [9.17, 15) is 0 Å². The van der Waals surface area contributed by atoms with Crippen molar-refractivity contribution in [2.45, 2.75) is 0 Å². The van der Waals surface area contributed by atoms with Crippen LogP contribution in [0.3, 0.4) is 0 Å². The minimum absolute atomic E-state index is 0.756. The molecule has 0 radical (unpaired) electrons. The standard InChI is InChI=1S/C64H42N5O2P/c1-4-18-42(19-5-1)59-49-30-32-51(65-49)60(43-20-6-2-7-21-43)53-34-36-55(67-53)62(56-37-35-54(68-56)61(44-22-8-3-9-23-44)52-33-31-50(59)66-52)47-26-14-15-27-48(47)69-72-70-57-38-28-40-16-10-12-24-45(40)63(57)64-46-25-13-11-17-41(46)29-39-58(64)71-72/h1-39,65,68-69H. The van der Waals surface area contributed by atoms with Crippen LogP contribution in [-0.4, -0.2) is 19.9 Å². The van der Waals surface area contributed by atoms with Gasteiger partial charge < -0.3 is 18.4 Å². The predicted molar refractivity (Wildman–Crippen MR) is 301 cm³/mol. The lowest BCUT2D eigenvalue weighted by molar-refractivity contribution is 0.646. The molecule has 0 spiro atoms. The summed E-state index contributed by atoms with van der Waals surface area (Å²) in [5.74, 6) is 0. The van der Waals surface area contributed by atoms with E-state index in [1.165, 1.54) is 0 Å². The minimum atomic E-state index is -1.79. The Hall–Kier alpha value is -9.42. The number of H-pyrrole nitrogens is 2. The molecule has 4 aromatic heterocycles. The third kappa shape index (κ3) is 7.14. The number of aromatic amines is 2. The van der Waals surface area contributed by atoms with E-state index in [2.05, 4.69) is 227 Å². The van der Waals surface area contributed by atoms with Crippen molar-refractivity contribution in [1.82, 2.24) is 19.9 Å². The van der Waals surface area contributed by atoms with E-state index in [0.717, 1.165) is 139 Å². The van der Waals surface area contributed by atoms with Gasteiger partial charge in [0.15, 0.2) is 0 Å². The third-order valence-corrected chi connectivity index (χ3v) is 14.9. The van der Waals surface area contributed by atoms with E-state index in [0.29, 0.717) is 0 Å². The zero-order chi connectivity index (χ0) is 47.5. The van der Waals surface area contributed by atoms with Gasteiger partial charge in [0.25, 0.3) is 0 Å². The van der Waals surface area contributed by atoms with Crippen LogP contribution in [0, 0.1) is 0 Å². The Bertz CT molecular complexity index is 4290. The van der Waals surface area contributed by atoms with Gasteiger partial charge in [-0.2, -0.15) is 0 Å². The second-order valence-electron chi connectivity index (χ2n) is 18.0. The number of nitrogens with one attached hydrogen (secondary N) is 3. The van der Waals surface area contributed by atoms with Gasteiger partial charge in [-0.1, -0.05) is 170 Å². The molecular weight excluding hydrogens is 902 g/mol. The van der Waals surface area contributed by atoms with Crippen LogP contribution in [0.2, 0.25) is 0 Å². The molecule has 8 bridgehead atoms. The number of anilines is 1. The summed E-state index contributed by atoms with van der Waals surface area (Å²) < 4.78 is 14.1. The second kappa shape index (κ2) is 17.2. The highest BCUT2D eigenvalue weighted by Gasteiger charge is 2.21. The van der Waals surface area contributed by atoms with Gasteiger partial charge in [-0.15, -0.1) is 0 Å². The molecule has 0 amide bonds. The number of aromatic nitrogens is 4. The molecule has 8 heteroatoms. The number of nitrogens with zero attached hydrogens (tertiary/aromatic N) is 2. The van der Waals surface area contributed by atoms with Crippen molar-refractivity contribution in [1.29, 1.82) is 0 Å². The molecule has 2 aliphatic heterocycles. The zero-order valence-corrected chi connectivity index (χ0v) is 39.6. The molecule has 6 heterocycles. The highest BCUT2D eigenvalue weighted by Crippen LogP contribution is 2.45. The van der Waals surface area contributed by atoms with E-state index in [4.69, 9.17) is 18.4 Å². The number of para-hydroxylation sites is 1. The average Bonchev–Trinajstić information content (AvgIpc) is 4.28. The van der Waals surface area contributed by atoms with Gasteiger partial charge in [-0.25, -0.2) is 9.97 Å². The first-order valence-electron chi connectivity index (χ1n) is 24.1. The van der Waals surface area contributed by atoms with Crippen LogP contribution in [0.5, 0.6) is 0 Å². The molecule has 0 saturated carbocycles. The highest BCUT2D eigenvalue weighted by molar-refractivity contribution is 7.39. The summed E-state index contributed by atoms with van der Waals surface area (Å²) in [5, 5.41) is 10.3.